The Labute approximate surface area is 389 Å². The van der Waals surface area contributed by atoms with Crippen molar-refractivity contribution in [1.82, 2.24) is 0 Å². The summed E-state index contributed by atoms with van der Waals surface area (Å²) in [5, 5.41) is 0. The van der Waals surface area contributed by atoms with E-state index in [4.69, 9.17) is 14.2 Å². The quantitative estimate of drug-likeness (QED) is 0.0199. The van der Waals surface area contributed by atoms with Crippen LogP contribution in [0.15, 0.2) is 72.9 Å². The highest BCUT2D eigenvalue weighted by atomic mass is 16.6. The van der Waals surface area contributed by atoms with Crippen LogP contribution in [0.4, 0.5) is 0 Å². The van der Waals surface area contributed by atoms with E-state index in [0.717, 1.165) is 109 Å². The predicted octanol–water partition coefficient (Wildman–Crippen LogP) is 17.4. The number of hydrogen-bond donors (Lipinski definition) is 0. The van der Waals surface area contributed by atoms with Crippen molar-refractivity contribution in [3.05, 3.63) is 72.9 Å². The average Bonchev–Trinajstić information content (AvgIpc) is 3.28. The highest BCUT2D eigenvalue weighted by molar-refractivity contribution is 5.71. The van der Waals surface area contributed by atoms with E-state index in [-0.39, 0.29) is 31.1 Å². The van der Waals surface area contributed by atoms with Crippen molar-refractivity contribution in [3.8, 4) is 0 Å². The van der Waals surface area contributed by atoms with Gasteiger partial charge in [-0.3, -0.25) is 14.4 Å². The number of carbonyl (C=O) groups excluding carboxylic acids is 3. The third-order valence-corrected chi connectivity index (χ3v) is 11.2. The SMILES string of the molecule is CC/C=C\C/C=C\C/C=C\CCCCCCCCC(=O)OCC(COC(=O)CCCCC/C=C\CCCCCCCC)OC(=O)CCCCC/C=C\C=C/CCCCCCCCC. The first-order chi connectivity index (χ1) is 31.0. The molecule has 0 bridgehead atoms. The number of carbonyl (C=O) groups is 3. The van der Waals surface area contributed by atoms with Crippen LogP contribution in [-0.2, 0) is 28.6 Å². The zero-order valence-corrected chi connectivity index (χ0v) is 41.3. The van der Waals surface area contributed by atoms with E-state index >= 15 is 0 Å². The van der Waals surface area contributed by atoms with Crippen LogP contribution in [0.3, 0.4) is 0 Å². The number of esters is 3. The van der Waals surface area contributed by atoms with Crippen molar-refractivity contribution in [2.75, 3.05) is 13.2 Å². The Hall–Kier alpha value is -3.15. The van der Waals surface area contributed by atoms with Crippen LogP contribution in [0.5, 0.6) is 0 Å². The van der Waals surface area contributed by atoms with Crippen LogP contribution in [-0.4, -0.2) is 37.2 Å². The minimum atomic E-state index is -0.800. The molecule has 362 valence electrons. The van der Waals surface area contributed by atoms with E-state index in [1.54, 1.807) is 0 Å². The first-order valence-electron chi connectivity index (χ1n) is 26.5. The molecule has 0 saturated heterocycles. The van der Waals surface area contributed by atoms with Gasteiger partial charge in [0.05, 0.1) is 0 Å². The second-order valence-corrected chi connectivity index (χ2v) is 17.4. The van der Waals surface area contributed by atoms with Crippen LogP contribution in [0.1, 0.15) is 252 Å². The number of unbranched alkanes of at least 4 members (excludes halogenated alkanes) is 25. The van der Waals surface area contributed by atoms with E-state index in [9.17, 15) is 14.4 Å². The molecule has 0 heterocycles. The summed E-state index contributed by atoms with van der Waals surface area (Å²) in [6.45, 7) is 6.47. The minimum absolute atomic E-state index is 0.0978. The van der Waals surface area contributed by atoms with Crippen LogP contribution in [0.2, 0.25) is 0 Å². The fourth-order valence-corrected chi connectivity index (χ4v) is 7.21. The molecule has 0 aliphatic heterocycles. The third-order valence-electron chi connectivity index (χ3n) is 11.2. The number of ether oxygens (including phenoxy) is 3. The number of rotatable bonds is 47. The molecule has 1 atom stereocenters. The van der Waals surface area contributed by atoms with Gasteiger partial charge >= 0.3 is 17.9 Å². The van der Waals surface area contributed by atoms with Crippen molar-refractivity contribution in [1.29, 1.82) is 0 Å². The van der Waals surface area contributed by atoms with Crippen molar-refractivity contribution >= 4 is 17.9 Å². The minimum Gasteiger partial charge on any atom is -0.462 e. The molecule has 0 N–H and O–H groups in total. The van der Waals surface area contributed by atoms with Gasteiger partial charge in [-0.15, -0.1) is 0 Å². The second kappa shape index (κ2) is 51.5. The summed E-state index contributed by atoms with van der Waals surface area (Å²) in [6.07, 6.45) is 64.6. The van der Waals surface area contributed by atoms with Gasteiger partial charge in [-0.05, 0) is 103 Å². The summed E-state index contributed by atoms with van der Waals surface area (Å²) in [6, 6.07) is 0. The fraction of sp³-hybridized carbons (Fsp3) is 0.737. The summed E-state index contributed by atoms with van der Waals surface area (Å²) in [5.74, 6) is -0.950. The summed E-state index contributed by atoms with van der Waals surface area (Å²) in [7, 11) is 0. The first-order valence-corrected chi connectivity index (χ1v) is 26.5. The molecule has 0 saturated carbocycles. The maximum atomic E-state index is 12.8. The smallest absolute Gasteiger partial charge is 0.306 e. The Kier molecular flexibility index (Phi) is 48.9. The van der Waals surface area contributed by atoms with Crippen molar-refractivity contribution in [2.45, 2.75) is 258 Å². The lowest BCUT2D eigenvalue weighted by atomic mass is 10.1. The molecule has 0 spiro atoms. The molecule has 0 aromatic rings. The van der Waals surface area contributed by atoms with Gasteiger partial charge in [-0.25, -0.2) is 0 Å². The molecule has 0 aliphatic rings. The van der Waals surface area contributed by atoms with Crippen LogP contribution >= 0.6 is 0 Å². The monoisotopic (exact) mass is 879 g/mol. The molecular weight excluding hydrogens is 781 g/mol. The summed E-state index contributed by atoms with van der Waals surface area (Å²) in [5.41, 5.74) is 0. The Morgan fingerprint density at radius 2 is 0.667 bits per heavy atom. The Bertz CT molecular complexity index is 1190. The molecule has 1 unspecified atom stereocenters. The van der Waals surface area contributed by atoms with Crippen LogP contribution < -0.4 is 0 Å². The maximum absolute atomic E-state index is 12.8. The molecule has 0 fully saturated rings. The second-order valence-electron chi connectivity index (χ2n) is 17.4. The van der Waals surface area contributed by atoms with Gasteiger partial charge in [-0.1, -0.05) is 203 Å². The highest BCUT2D eigenvalue weighted by Crippen LogP contribution is 2.13. The number of allylic oxidation sites excluding steroid dienone is 12. The van der Waals surface area contributed by atoms with Crippen molar-refractivity contribution < 1.29 is 28.6 Å². The van der Waals surface area contributed by atoms with Crippen LogP contribution in [0, 0.1) is 0 Å². The lowest BCUT2D eigenvalue weighted by Gasteiger charge is -2.18. The Morgan fingerprint density at radius 1 is 0.349 bits per heavy atom. The summed E-state index contributed by atoms with van der Waals surface area (Å²) >= 11 is 0. The molecule has 0 rings (SSSR count). The maximum Gasteiger partial charge on any atom is 0.306 e. The van der Waals surface area contributed by atoms with Gasteiger partial charge < -0.3 is 14.2 Å². The fourth-order valence-electron chi connectivity index (χ4n) is 7.21. The standard InChI is InChI=1S/C57H98O6/c1-4-7-10-13-16-19-22-25-27-29-32-35-38-41-44-47-50-56(59)62-53-54(52-61-55(58)49-46-43-40-37-34-31-24-21-18-15-12-9-6-3)63-57(60)51-48-45-42-39-36-33-30-28-26-23-20-17-14-11-8-5-2/h7,10,16,19,25,27-28,30-31,33-34,36,54H,4-6,8-9,11-15,17-18,20-24,26,29,32,35,37-53H2,1-3H3/b10-7-,19-16-,27-25-,30-28-,34-31-,36-33-. The van der Waals surface area contributed by atoms with E-state index in [2.05, 4.69) is 93.7 Å². The van der Waals surface area contributed by atoms with Gasteiger partial charge in [-0.2, -0.15) is 0 Å². The normalized spacial score (nSPS) is 12.6. The lowest BCUT2D eigenvalue weighted by molar-refractivity contribution is -0.167. The lowest BCUT2D eigenvalue weighted by Crippen LogP contribution is -2.30. The Morgan fingerprint density at radius 3 is 1.10 bits per heavy atom. The zero-order valence-electron chi connectivity index (χ0n) is 41.3. The molecule has 0 aromatic carbocycles. The summed E-state index contributed by atoms with van der Waals surface area (Å²) in [4.78, 5) is 38.0. The van der Waals surface area contributed by atoms with Crippen LogP contribution in [0.25, 0.3) is 0 Å². The molecule has 0 amide bonds. The molecular formula is C57H98O6. The summed E-state index contributed by atoms with van der Waals surface area (Å²) < 4.78 is 16.8. The Balaban J connectivity index is 4.47. The van der Waals surface area contributed by atoms with Gasteiger partial charge in [0.1, 0.15) is 13.2 Å². The van der Waals surface area contributed by atoms with Gasteiger partial charge in [0, 0.05) is 19.3 Å². The van der Waals surface area contributed by atoms with Gasteiger partial charge in [0.25, 0.3) is 0 Å². The molecule has 0 aliphatic carbocycles. The first kappa shape index (κ1) is 59.9. The number of hydrogen-bond acceptors (Lipinski definition) is 6. The predicted molar refractivity (Wildman–Crippen MR) is 270 cm³/mol. The van der Waals surface area contributed by atoms with Crippen molar-refractivity contribution in [3.63, 3.8) is 0 Å². The topological polar surface area (TPSA) is 78.9 Å². The van der Waals surface area contributed by atoms with E-state index in [0.29, 0.717) is 19.3 Å². The van der Waals surface area contributed by atoms with Gasteiger partial charge in [0.15, 0.2) is 6.10 Å². The molecule has 6 nitrogen and oxygen atoms in total. The highest BCUT2D eigenvalue weighted by Gasteiger charge is 2.19. The molecule has 0 radical (unpaired) electrons. The molecule has 63 heavy (non-hydrogen) atoms. The van der Waals surface area contributed by atoms with E-state index in [1.807, 2.05) is 0 Å². The van der Waals surface area contributed by atoms with Gasteiger partial charge in [0.2, 0.25) is 0 Å². The average molecular weight is 879 g/mol. The largest absolute Gasteiger partial charge is 0.462 e. The van der Waals surface area contributed by atoms with Crippen molar-refractivity contribution in [2.24, 2.45) is 0 Å². The van der Waals surface area contributed by atoms with E-state index < -0.39 is 6.10 Å². The van der Waals surface area contributed by atoms with E-state index in [1.165, 1.54) is 103 Å². The molecule has 0 aromatic heterocycles. The third kappa shape index (κ3) is 49.7. The molecule has 6 heteroatoms. The zero-order chi connectivity index (χ0) is 45.8.